The average molecular weight is 309 g/mol. The smallest absolute Gasteiger partial charge is 0.150 e. The molecule has 2 aromatic rings. The third-order valence-electron chi connectivity index (χ3n) is 3.05. The van der Waals surface area contributed by atoms with Crippen molar-refractivity contribution in [2.75, 3.05) is 26.8 Å². The van der Waals surface area contributed by atoms with Gasteiger partial charge in [0.15, 0.2) is 5.01 Å². The van der Waals surface area contributed by atoms with Crippen molar-refractivity contribution in [1.82, 2.24) is 15.5 Å². The van der Waals surface area contributed by atoms with Crippen molar-refractivity contribution in [3.05, 3.63) is 34.6 Å². The molecule has 1 aromatic heterocycles. The Kier molecular flexibility index (Phi) is 6.22. The highest BCUT2D eigenvalue weighted by Gasteiger charge is 2.11. The molecule has 0 unspecified atom stereocenters. The quantitative estimate of drug-likeness (QED) is 0.762. The van der Waals surface area contributed by atoms with Crippen molar-refractivity contribution in [3.8, 4) is 10.6 Å². The summed E-state index contributed by atoms with van der Waals surface area (Å²) in [5, 5.41) is 13.1. The second-order valence-electron chi connectivity index (χ2n) is 4.83. The van der Waals surface area contributed by atoms with Crippen molar-refractivity contribution in [2.24, 2.45) is 0 Å². The minimum absolute atomic E-state index is 0.237. The summed E-state index contributed by atoms with van der Waals surface area (Å²) in [4.78, 5) is 0. The summed E-state index contributed by atoms with van der Waals surface area (Å²) >= 11 is 1.46. The fourth-order valence-electron chi connectivity index (χ4n) is 1.92. The maximum Gasteiger partial charge on any atom is 0.150 e. The Morgan fingerprint density at radius 3 is 2.90 bits per heavy atom. The lowest BCUT2D eigenvalue weighted by atomic mass is 10.1. The number of ether oxygens (including phenoxy) is 1. The number of methoxy groups -OCH3 is 1. The molecule has 0 bridgehead atoms. The highest BCUT2D eigenvalue weighted by atomic mass is 32.1. The van der Waals surface area contributed by atoms with E-state index in [1.807, 2.05) is 13.0 Å². The summed E-state index contributed by atoms with van der Waals surface area (Å²) in [6.07, 6.45) is 1.83. The molecule has 0 fully saturated rings. The highest BCUT2D eigenvalue weighted by Crippen LogP contribution is 2.27. The lowest BCUT2D eigenvalue weighted by Crippen LogP contribution is -2.20. The fraction of sp³-hybridized carbons (Fsp3) is 0.467. The van der Waals surface area contributed by atoms with Gasteiger partial charge in [-0.3, -0.25) is 0 Å². The van der Waals surface area contributed by atoms with Gasteiger partial charge in [-0.2, -0.15) is 0 Å². The van der Waals surface area contributed by atoms with Crippen LogP contribution in [0.1, 0.15) is 17.0 Å². The second kappa shape index (κ2) is 8.17. The Labute approximate surface area is 128 Å². The van der Waals surface area contributed by atoms with Crippen molar-refractivity contribution in [3.63, 3.8) is 0 Å². The Morgan fingerprint density at radius 1 is 1.29 bits per heavy atom. The molecule has 0 radical (unpaired) electrons. The molecule has 0 saturated carbocycles. The SMILES string of the molecule is COCCNCCCc1nnc(-c2ccc(C)cc2F)s1. The molecule has 0 atom stereocenters. The largest absolute Gasteiger partial charge is 0.383 e. The van der Waals surface area contributed by atoms with Crippen molar-refractivity contribution in [2.45, 2.75) is 19.8 Å². The van der Waals surface area contributed by atoms with Gasteiger partial charge in [-0.05, 0) is 37.6 Å². The fourth-order valence-corrected chi connectivity index (χ4v) is 2.83. The molecule has 1 N–H and O–H groups in total. The zero-order valence-corrected chi connectivity index (χ0v) is 13.2. The monoisotopic (exact) mass is 309 g/mol. The molecular formula is C15H20FN3OS. The van der Waals surface area contributed by atoms with Gasteiger partial charge in [0.2, 0.25) is 0 Å². The predicted octanol–water partition coefficient (Wildman–Crippen LogP) is 2.82. The van der Waals surface area contributed by atoms with Gasteiger partial charge in [-0.15, -0.1) is 10.2 Å². The minimum Gasteiger partial charge on any atom is -0.383 e. The van der Waals surface area contributed by atoms with Gasteiger partial charge in [0.05, 0.1) is 6.61 Å². The number of hydrogen-bond donors (Lipinski definition) is 1. The van der Waals surface area contributed by atoms with Gasteiger partial charge >= 0.3 is 0 Å². The van der Waals surface area contributed by atoms with Crippen LogP contribution in [0.15, 0.2) is 18.2 Å². The van der Waals surface area contributed by atoms with Crippen LogP contribution >= 0.6 is 11.3 Å². The molecule has 0 amide bonds. The van der Waals surface area contributed by atoms with Crippen molar-refractivity contribution < 1.29 is 9.13 Å². The van der Waals surface area contributed by atoms with Gasteiger partial charge in [0, 0.05) is 25.6 Å². The lowest BCUT2D eigenvalue weighted by molar-refractivity contribution is 0.199. The molecule has 0 spiro atoms. The first-order valence-electron chi connectivity index (χ1n) is 6.99. The Hall–Kier alpha value is -1.37. The molecule has 4 nitrogen and oxygen atoms in total. The molecule has 0 aliphatic heterocycles. The van der Waals surface area contributed by atoms with Gasteiger partial charge in [0.1, 0.15) is 10.8 Å². The Balaban J connectivity index is 1.86. The van der Waals surface area contributed by atoms with E-state index in [2.05, 4.69) is 15.5 Å². The van der Waals surface area contributed by atoms with E-state index < -0.39 is 0 Å². The van der Waals surface area contributed by atoms with Gasteiger partial charge in [0.25, 0.3) is 0 Å². The van der Waals surface area contributed by atoms with Gasteiger partial charge in [-0.25, -0.2) is 4.39 Å². The van der Waals surface area contributed by atoms with Crippen LogP contribution in [0.5, 0.6) is 0 Å². The topological polar surface area (TPSA) is 47.0 Å². The maximum atomic E-state index is 13.9. The number of nitrogens with zero attached hydrogens (tertiary/aromatic N) is 2. The van der Waals surface area contributed by atoms with Crippen LogP contribution in [0.25, 0.3) is 10.6 Å². The summed E-state index contributed by atoms with van der Waals surface area (Å²) in [5.74, 6) is -0.237. The highest BCUT2D eigenvalue weighted by molar-refractivity contribution is 7.14. The minimum atomic E-state index is -0.237. The molecule has 0 aliphatic carbocycles. The molecule has 1 heterocycles. The molecule has 2 rings (SSSR count). The summed E-state index contributed by atoms with van der Waals surface area (Å²) in [7, 11) is 1.69. The lowest BCUT2D eigenvalue weighted by Gasteiger charge is -2.01. The number of nitrogens with one attached hydrogen (secondary N) is 1. The number of rotatable bonds is 8. The molecule has 6 heteroatoms. The Bertz CT molecular complexity index is 574. The van der Waals surface area contributed by atoms with Crippen LogP contribution in [0.3, 0.4) is 0 Å². The summed E-state index contributed by atoms with van der Waals surface area (Å²) in [5.41, 5.74) is 1.44. The number of halogens is 1. The first-order chi connectivity index (χ1) is 10.2. The van der Waals surface area contributed by atoms with Crippen molar-refractivity contribution >= 4 is 11.3 Å². The first-order valence-corrected chi connectivity index (χ1v) is 7.81. The van der Waals surface area contributed by atoms with E-state index in [1.165, 1.54) is 17.4 Å². The summed E-state index contributed by atoms with van der Waals surface area (Å²) in [6, 6.07) is 5.18. The van der Waals surface area contributed by atoms with E-state index in [0.717, 1.165) is 43.1 Å². The molecular weight excluding hydrogens is 289 g/mol. The normalized spacial score (nSPS) is 11.0. The first kappa shape index (κ1) is 16.0. The Morgan fingerprint density at radius 2 is 2.14 bits per heavy atom. The average Bonchev–Trinajstić information content (AvgIpc) is 2.91. The molecule has 0 aliphatic rings. The standard InChI is InChI=1S/C15H20FN3OS/c1-11-5-6-12(13(16)10-11)15-19-18-14(21-15)4-3-7-17-8-9-20-2/h5-6,10,17H,3-4,7-9H2,1-2H3. The number of benzene rings is 1. The third-order valence-corrected chi connectivity index (χ3v) is 4.07. The number of hydrogen-bond acceptors (Lipinski definition) is 5. The molecule has 1 aromatic carbocycles. The predicted molar refractivity (Wildman–Crippen MR) is 83.1 cm³/mol. The van der Waals surface area contributed by atoms with Crippen LogP contribution in [-0.2, 0) is 11.2 Å². The second-order valence-corrected chi connectivity index (χ2v) is 5.89. The molecule has 114 valence electrons. The third kappa shape index (κ3) is 4.84. The zero-order valence-electron chi connectivity index (χ0n) is 12.4. The van der Waals surface area contributed by atoms with E-state index in [9.17, 15) is 4.39 Å². The van der Waals surface area contributed by atoms with Crippen LogP contribution in [0.2, 0.25) is 0 Å². The van der Waals surface area contributed by atoms with Crippen LogP contribution in [0.4, 0.5) is 4.39 Å². The van der Waals surface area contributed by atoms with E-state index >= 15 is 0 Å². The van der Waals surface area contributed by atoms with E-state index in [4.69, 9.17) is 4.74 Å². The van der Waals surface area contributed by atoms with Crippen molar-refractivity contribution in [1.29, 1.82) is 0 Å². The van der Waals surface area contributed by atoms with Crippen LogP contribution in [-0.4, -0.2) is 37.0 Å². The van der Waals surface area contributed by atoms with Gasteiger partial charge < -0.3 is 10.1 Å². The zero-order chi connectivity index (χ0) is 15.1. The molecule has 21 heavy (non-hydrogen) atoms. The van der Waals surface area contributed by atoms with E-state index in [-0.39, 0.29) is 5.82 Å². The molecule has 0 saturated heterocycles. The van der Waals surface area contributed by atoms with Gasteiger partial charge in [-0.1, -0.05) is 17.4 Å². The maximum absolute atomic E-state index is 13.9. The van der Waals surface area contributed by atoms with E-state index in [1.54, 1.807) is 13.2 Å². The van der Waals surface area contributed by atoms with Crippen LogP contribution in [0, 0.1) is 12.7 Å². The summed E-state index contributed by atoms with van der Waals surface area (Å²) in [6.45, 7) is 4.36. The summed E-state index contributed by atoms with van der Waals surface area (Å²) < 4.78 is 18.8. The number of aryl methyl sites for hydroxylation is 2. The number of aromatic nitrogens is 2. The van der Waals surface area contributed by atoms with Crippen LogP contribution < -0.4 is 5.32 Å². The van der Waals surface area contributed by atoms with E-state index in [0.29, 0.717) is 10.6 Å².